The summed E-state index contributed by atoms with van der Waals surface area (Å²) < 4.78 is -1.69. The van der Waals surface area contributed by atoms with Crippen molar-refractivity contribution in [2.45, 2.75) is 30.2 Å². The molecule has 0 aliphatic rings. The van der Waals surface area contributed by atoms with E-state index in [-0.39, 0.29) is 12.3 Å². The first-order chi connectivity index (χ1) is 11.3. The van der Waals surface area contributed by atoms with Crippen molar-refractivity contribution in [2.24, 2.45) is 0 Å². The van der Waals surface area contributed by atoms with Gasteiger partial charge >= 0.3 is 0 Å². The van der Waals surface area contributed by atoms with Gasteiger partial charge in [-0.1, -0.05) is 77.3 Å². The monoisotopic (exact) mass is 384 g/mol. The highest BCUT2D eigenvalue weighted by molar-refractivity contribution is 6.68. The summed E-state index contributed by atoms with van der Waals surface area (Å²) in [6, 6.07) is 15.3. The largest absolute Gasteiger partial charge is 0.362 e. The fraction of sp³-hybridized carbons (Fsp3) is 0.278. The molecule has 1 atom stereocenters. The molecular formula is C18H19Cl3N2O. The molecule has 128 valence electrons. The van der Waals surface area contributed by atoms with E-state index in [1.165, 1.54) is 0 Å². The van der Waals surface area contributed by atoms with Gasteiger partial charge in [-0.3, -0.25) is 4.79 Å². The predicted octanol–water partition coefficient (Wildman–Crippen LogP) is 4.77. The van der Waals surface area contributed by atoms with Gasteiger partial charge in [0.1, 0.15) is 6.17 Å². The summed E-state index contributed by atoms with van der Waals surface area (Å²) in [5.41, 5.74) is 3.77. The molecule has 0 radical (unpaired) electrons. The molecule has 6 heteroatoms. The minimum atomic E-state index is -1.69. The lowest BCUT2D eigenvalue weighted by atomic mass is 10.1. The molecule has 2 N–H and O–H groups in total. The Labute approximate surface area is 157 Å². The first kappa shape index (κ1) is 18.9. The first-order valence-electron chi connectivity index (χ1n) is 7.49. The van der Waals surface area contributed by atoms with Gasteiger partial charge in [0, 0.05) is 5.69 Å². The Morgan fingerprint density at radius 3 is 2.38 bits per heavy atom. The quantitative estimate of drug-likeness (QED) is 0.575. The van der Waals surface area contributed by atoms with Crippen LogP contribution >= 0.6 is 34.8 Å². The zero-order chi connectivity index (χ0) is 17.7. The highest BCUT2D eigenvalue weighted by atomic mass is 35.6. The fourth-order valence-corrected chi connectivity index (χ4v) is 2.57. The van der Waals surface area contributed by atoms with Gasteiger partial charge in [-0.05, 0) is 36.6 Å². The molecule has 0 unspecified atom stereocenters. The molecule has 3 nitrogen and oxygen atoms in total. The topological polar surface area (TPSA) is 41.1 Å². The van der Waals surface area contributed by atoms with Gasteiger partial charge < -0.3 is 10.6 Å². The molecule has 0 saturated carbocycles. The number of carbonyl (C=O) groups excluding carboxylic acids is 1. The number of hydrogen-bond acceptors (Lipinski definition) is 2. The third kappa shape index (κ3) is 5.59. The second kappa shape index (κ2) is 8.11. The molecular weight excluding hydrogens is 367 g/mol. The number of nitrogens with one attached hydrogen (secondary N) is 2. The number of halogens is 3. The van der Waals surface area contributed by atoms with Crippen molar-refractivity contribution in [1.29, 1.82) is 0 Å². The molecule has 0 heterocycles. The van der Waals surface area contributed by atoms with E-state index in [9.17, 15) is 4.79 Å². The molecule has 0 fully saturated rings. The van der Waals surface area contributed by atoms with Crippen molar-refractivity contribution in [3.05, 3.63) is 65.2 Å². The summed E-state index contributed by atoms with van der Waals surface area (Å²) in [6.07, 6.45) is -0.633. The minimum absolute atomic E-state index is 0.215. The van der Waals surface area contributed by atoms with Crippen LogP contribution in [-0.2, 0) is 11.2 Å². The molecule has 0 aliphatic heterocycles. The number of benzene rings is 2. The van der Waals surface area contributed by atoms with Crippen molar-refractivity contribution in [2.75, 3.05) is 5.32 Å². The van der Waals surface area contributed by atoms with E-state index in [1.54, 1.807) is 0 Å². The third-order valence-corrected chi connectivity index (χ3v) is 4.19. The molecule has 0 bridgehead atoms. The van der Waals surface area contributed by atoms with Crippen LogP contribution in [0, 0.1) is 13.8 Å². The van der Waals surface area contributed by atoms with Crippen LogP contribution in [0.1, 0.15) is 16.7 Å². The van der Waals surface area contributed by atoms with E-state index in [1.807, 2.05) is 62.4 Å². The van der Waals surface area contributed by atoms with E-state index in [4.69, 9.17) is 34.8 Å². The van der Waals surface area contributed by atoms with Gasteiger partial charge in [-0.15, -0.1) is 0 Å². The maximum absolute atomic E-state index is 12.3. The van der Waals surface area contributed by atoms with Crippen LogP contribution in [0.3, 0.4) is 0 Å². The highest BCUT2D eigenvalue weighted by Crippen LogP contribution is 2.32. The number of hydrogen-bond donors (Lipinski definition) is 2. The summed E-state index contributed by atoms with van der Waals surface area (Å²) >= 11 is 18.1. The Kier molecular flexibility index (Phi) is 6.39. The average Bonchev–Trinajstić information content (AvgIpc) is 2.50. The molecule has 0 saturated heterocycles. The summed E-state index contributed by atoms with van der Waals surface area (Å²) in [6.45, 7) is 3.92. The van der Waals surface area contributed by atoms with Gasteiger partial charge in [0.2, 0.25) is 9.70 Å². The van der Waals surface area contributed by atoms with Crippen molar-refractivity contribution in [3.8, 4) is 0 Å². The van der Waals surface area contributed by atoms with Gasteiger partial charge in [0.15, 0.2) is 0 Å². The number of anilines is 1. The van der Waals surface area contributed by atoms with Crippen LogP contribution in [0.25, 0.3) is 0 Å². The van der Waals surface area contributed by atoms with Gasteiger partial charge in [0.25, 0.3) is 0 Å². The number of rotatable bonds is 5. The SMILES string of the molecule is Cc1ccc(C)c(N[C@@H](NC(=O)Cc2ccccc2)C(Cl)(Cl)Cl)c1. The normalized spacial score (nSPS) is 12.5. The molecule has 0 aromatic heterocycles. The number of alkyl halides is 3. The van der Waals surface area contributed by atoms with E-state index in [0.29, 0.717) is 0 Å². The molecule has 24 heavy (non-hydrogen) atoms. The molecule has 0 aliphatic carbocycles. The maximum atomic E-state index is 12.3. The van der Waals surface area contributed by atoms with E-state index < -0.39 is 9.96 Å². The Bertz CT molecular complexity index is 699. The molecule has 2 rings (SSSR count). The maximum Gasteiger partial charge on any atom is 0.228 e. The van der Waals surface area contributed by atoms with Crippen molar-refractivity contribution < 1.29 is 4.79 Å². The van der Waals surface area contributed by atoms with Crippen molar-refractivity contribution in [3.63, 3.8) is 0 Å². The highest BCUT2D eigenvalue weighted by Gasteiger charge is 2.34. The van der Waals surface area contributed by atoms with Crippen molar-refractivity contribution in [1.82, 2.24) is 5.32 Å². The van der Waals surface area contributed by atoms with Gasteiger partial charge in [-0.2, -0.15) is 0 Å². The second-order valence-corrected chi connectivity index (χ2v) is 8.04. The second-order valence-electron chi connectivity index (χ2n) is 5.67. The molecule has 2 aromatic rings. The van der Waals surface area contributed by atoms with Crippen LogP contribution in [0.15, 0.2) is 48.5 Å². The average molecular weight is 386 g/mol. The van der Waals surface area contributed by atoms with E-state index in [2.05, 4.69) is 10.6 Å². The Balaban J connectivity index is 2.11. The van der Waals surface area contributed by atoms with Gasteiger partial charge in [0.05, 0.1) is 6.42 Å². The summed E-state index contributed by atoms with van der Waals surface area (Å²) in [5.74, 6) is -0.227. The van der Waals surface area contributed by atoms with E-state index >= 15 is 0 Å². The molecule has 2 aromatic carbocycles. The first-order valence-corrected chi connectivity index (χ1v) is 8.63. The van der Waals surface area contributed by atoms with Crippen LogP contribution in [0.2, 0.25) is 0 Å². The Morgan fingerprint density at radius 1 is 1.08 bits per heavy atom. The lowest BCUT2D eigenvalue weighted by molar-refractivity contribution is -0.120. The number of carbonyl (C=O) groups is 1. The predicted molar refractivity (Wildman–Crippen MR) is 102 cm³/mol. The van der Waals surface area contributed by atoms with Crippen LogP contribution in [0.5, 0.6) is 0 Å². The van der Waals surface area contributed by atoms with Crippen LogP contribution < -0.4 is 10.6 Å². The third-order valence-electron chi connectivity index (χ3n) is 3.53. The number of amides is 1. The summed E-state index contributed by atoms with van der Waals surface area (Å²) in [7, 11) is 0. The Morgan fingerprint density at radius 2 is 1.75 bits per heavy atom. The lowest BCUT2D eigenvalue weighted by Crippen LogP contribution is -2.49. The fourth-order valence-electron chi connectivity index (χ4n) is 2.24. The van der Waals surface area contributed by atoms with Crippen LogP contribution in [-0.4, -0.2) is 15.9 Å². The van der Waals surface area contributed by atoms with Gasteiger partial charge in [-0.25, -0.2) is 0 Å². The lowest BCUT2D eigenvalue weighted by Gasteiger charge is -2.28. The van der Waals surface area contributed by atoms with Crippen molar-refractivity contribution >= 4 is 46.4 Å². The minimum Gasteiger partial charge on any atom is -0.362 e. The zero-order valence-electron chi connectivity index (χ0n) is 13.4. The summed E-state index contributed by atoms with van der Waals surface area (Å²) in [4.78, 5) is 12.3. The molecule has 0 spiro atoms. The van der Waals surface area contributed by atoms with E-state index in [0.717, 1.165) is 22.4 Å². The zero-order valence-corrected chi connectivity index (χ0v) is 15.7. The van der Waals surface area contributed by atoms with Crippen LogP contribution in [0.4, 0.5) is 5.69 Å². The smallest absolute Gasteiger partial charge is 0.228 e. The Hall–Kier alpha value is -1.42. The molecule has 1 amide bonds. The number of aryl methyl sites for hydroxylation is 2. The standard InChI is InChI=1S/C18H19Cl3N2O/c1-12-8-9-13(2)15(10-12)22-17(18(19,20)21)23-16(24)11-14-6-4-3-5-7-14/h3-10,17,22H,11H2,1-2H3,(H,23,24)/t17-/m0/s1. The summed E-state index contributed by atoms with van der Waals surface area (Å²) in [5, 5.41) is 5.87.